The van der Waals surface area contributed by atoms with Crippen molar-refractivity contribution in [3.63, 3.8) is 0 Å². The van der Waals surface area contributed by atoms with Crippen LogP contribution in [0.3, 0.4) is 0 Å². The summed E-state index contributed by atoms with van der Waals surface area (Å²) in [6.45, 7) is 6.83. The first-order valence-electron chi connectivity index (χ1n) is 14.8. The highest BCUT2D eigenvalue weighted by Crippen LogP contribution is 2.28. The summed E-state index contributed by atoms with van der Waals surface area (Å²) in [5.41, 5.74) is 3.45. The molecule has 3 aromatic rings. The van der Waals surface area contributed by atoms with Crippen molar-refractivity contribution < 1.29 is 14.0 Å². The van der Waals surface area contributed by atoms with Crippen molar-refractivity contribution in [2.24, 2.45) is 5.92 Å². The molecule has 2 aromatic carbocycles. The van der Waals surface area contributed by atoms with Crippen molar-refractivity contribution in [2.45, 2.75) is 51.0 Å². The summed E-state index contributed by atoms with van der Waals surface area (Å²) in [5, 5.41) is 7.30. The van der Waals surface area contributed by atoms with Gasteiger partial charge in [-0.3, -0.25) is 9.59 Å². The van der Waals surface area contributed by atoms with Crippen LogP contribution in [0.4, 0.5) is 0 Å². The molecule has 6 rings (SSSR count). The molecule has 0 unspecified atom stereocenters. The molecule has 1 aromatic heterocycles. The minimum Gasteiger partial charge on any atom is -0.451 e. The van der Waals surface area contributed by atoms with Crippen LogP contribution in [-0.4, -0.2) is 73.5 Å². The van der Waals surface area contributed by atoms with Gasteiger partial charge in [-0.25, -0.2) is 0 Å². The first-order valence-corrected chi connectivity index (χ1v) is 14.8. The molecule has 0 atom stereocenters. The molecule has 3 fully saturated rings. The molecule has 2 N–H and O–H groups in total. The molecular formula is C32H40N4O3. The number of nitrogens with one attached hydrogen (secondary N) is 2. The number of carbonyl (C=O) groups is 2. The van der Waals surface area contributed by atoms with Gasteiger partial charge in [-0.2, -0.15) is 0 Å². The number of carbonyl (C=O) groups excluding carboxylic acids is 2. The third-order valence-electron chi connectivity index (χ3n) is 8.88. The topological polar surface area (TPSA) is 77.8 Å². The van der Waals surface area contributed by atoms with E-state index < -0.39 is 0 Å². The Bertz CT molecular complexity index is 1280. The van der Waals surface area contributed by atoms with Crippen LogP contribution in [0, 0.1) is 5.92 Å². The minimum atomic E-state index is -0.158. The standard InChI is InChI=1S/C32H40N4O3/c37-31(34-22-23-10-14-33-15-11-23)30-21-27-9-8-26(20-29(27)39-30)24-4-6-25(7-5-24)32(38)36-18-12-28(13-19-36)35-16-2-1-3-17-35/h4-9,20-21,23,28,33H,1-3,10-19,22H2,(H,34,37). The van der Waals surface area contributed by atoms with Gasteiger partial charge >= 0.3 is 0 Å². The second-order valence-corrected chi connectivity index (χ2v) is 11.5. The summed E-state index contributed by atoms with van der Waals surface area (Å²) in [6.07, 6.45) is 8.31. The maximum atomic E-state index is 13.2. The van der Waals surface area contributed by atoms with Crippen LogP contribution in [0.2, 0.25) is 0 Å². The average molecular weight is 529 g/mol. The fourth-order valence-corrected chi connectivity index (χ4v) is 6.44. The van der Waals surface area contributed by atoms with Gasteiger partial charge in [0.2, 0.25) is 0 Å². The van der Waals surface area contributed by atoms with Crippen LogP contribution < -0.4 is 10.6 Å². The smallest absolute Gasteiger partial charge is 0.287 e. The molecule has 0 radical (unpaired) electrons. The van der Waals surface area contributed by atoms with Gasteiger partial charge in [0.05, 0.1) is 0 Å². The second kappa shape index (κ2) is 11.9. The Morgan fingerprint density at radius 2 is 1.56 bits per heavy atom. The fraction of sp³-hybridized carbons (Fsp3) is 0.500. The predicted octanol–water partition coefficient (Wildman–Crippen LogP) is 4.92. The zero-order chi connectivity index (χ0) is 26.6. The van der Waals surface area contributed by atoms with Crippen molar-refractivity contribution in [3.05, 3.63) is 59.9 Å². The average Bonchev–Trinajstić information content (AvgIpc) is 3.44. The molecule has 7 nitrogen and oxygen atoms in total. The Hall–Kier alpha value is -3.16. The van der Waals surface area contributed by atoms with Crippen LogP contribution in [0.15, 0.2) is 52.9 Å². The van der Waals surface area contributed by atoms with Crippen LogP contribution in [-0.2, 0) is 0 Å². The Morgan fingerprint density at radius 3 is 2.31 bits per heavy atom. The number of benzene rings is 2. The highest BCUT2D eigenvalue weighted by molar-refractivity contribution is 5.97. The molecule has 0 aliphatic carbocycles. The lowest BCUT2D eigenvalue weighted by atomic mass is 9.98. The molecule has 3 aliphatic rings. The molecule has 2 amide bonds. The van der Waals surface area contributed by atoms with E-state index in [1.165, 1.54) is 32.4 Å². The summed E-state index contributed by atoms with van der Waals surface area (Å²) in [7, 11) is 0. The first-order chi connectivity index (χ1) is 19.1. The van der Waals surface area contributed by atoms with E-state index in [4.69, 9.17) is 4.42 Å². The van der Waals surface area contributed by atoms with Gasteiger partial charge in [-0.1, -0.05) is 30.7 Å². The number of furan rings is 1. The summed E-state index contributed by atoms with van der Waals surface area (Å²) in [6, 6.07) is 16.3. The van der Waals surface area contributed by atoms with Crippen molar-refractivity contribution in [2.75, 3.05) is 45.8 Å². The lowest BCUT2D eigenvalue weighted by Crippen LogP contribution is -2.48. The van der Waals surface area contributed by atoms with Crippen LogP contribution in [0.25, 0.3) is 22.1 Å². The Kier molecular flexibility index (Phi) is 7.98. The molecule has 3 saturated heterocycles. The number of nitrogens with zero attached hydrogens (tertiary/aromatic N) is 2. The largest absolute Gasteiger partial charge is 0.451 e. The van der Waals surface area contributed by atoms with Gasteiger partial charge < -0.3 is 24.9 Å². The number of fused-ring (bicyclic) bond motifs is 1. The van der Waals surface area contributed by atoms with Gasteiger partial charge in [0.25, 0.3) is 11.8 Å². The zero-order valence-corrected chi connectivity index (χ0v) is 22.8. The maximum Gasteiger partial charge on any atom is 0.287 e. The number of likely N-dealkylation sites (tertiary alicyclic amines) is 2. The van der Waals surface area contributed by atoms with E-state index in [0.717, 1.165) is 73.9 Å². The fourth-order valence-electron chi connectivity index (χ4n) is 6.44. The van der Waals surface area contributed by atoms with Crippen LogP contribution in [0.1, 0.15) is 65.9 Å². The van der Waals surface area contributed by atoms with E-state index in [1.807, 2.05) is 53.4 Å². The molecule has 7 heteroatoms. The van der Waals surface area contributed by atoms with E-state index in [-0.39, 0.29) is 11.8 Å². The Morgan fingerprint density at radius 1 is 0.846 bits per heavy atom. The summed E-state index contributed by atoms with van der Waals surface area (Å²) >= 11 is 0. The first kappa shape index (κ1) is 26.1. The number of hydrogen-bond acceptors (Lipinski definition) is 5. The second-order valence-electron chi connectivity index (χ2n) is 11.5. The number of amides is 2. The lowest BCUT2D eigenvalue weighted by molar-refractivity contribution is 0.0590. The maximum absolute atomic E-state index is 13.2. The number of piperidine rings is 3. The quantitative estimate of drug-likeness (QED) is 0.475. The van der Waals surface area contributed by atoms with Crippen LogP contribution >= 0.6 is 0 Å². The molecule has 0 saturated carbocycles. The summed E-state index contributed by atoms with van der Waals surface area (Å²) in [4.78, 5) is 30.5. The SMILES string of the molecule is O=C(NCC1CCNCC1)c1cc2ccc(-c3ccc(C(=O)N4CCC(N5CCCCC5)CC4)cc3)cc2o1. The molecule has 0 bridgehead atoms. The summed E-state index contributed by atoms with van der Waals surface area (Å²) in [5.74, 6) is 0.836. The highest BCUT2D eigenvalue weighted by atomic mass is 16.3. The van der Waals surface area contributed by atoms with Gasteiger partial charge in [0, 0.05) is 36.6 Å². The molecule has 0 spiro atoms. The Balaban J connectivity index is 1.06. The van der Waals surface area contributed by atoms with E-state index in [0.29, 0.717) is 29.8 Å². The summed E-state index contributed by atoms with van der Waals surface area (Å²) < 4.78 is 5.94. The van der Waals surface area contributed by atoms with Crippen LogP contribution in [0.5, 0.6) is 0 Å². The molecule has 39 heavy (non-hydrogen) atoms. The van der Waals surface area contributed by atoms with Crippen molar-refractivity contribution >= 4 is 22.8 Å². The van der Waals surface area contributed by atoms with Crippen molar-refractivity contribution in [1.82, 2.24) is 20.4 Å². The van der Waals surface area contributed by atoms with E-state index in [2.05, 4.69) is 15.5 Å². The van der Waals surface area contributed by atoms with E-state index >= 15 is 0 Å². The number of rotatable bonds is 6. The molecule has 3 aliphatic heterocycles. The molecular weight excluding hydrogens is 488 g/mol. The number of hydrogen-bond donors (Lipinski definition) is 2. The van der Waals surface area contributed by atoms with Gasteiger partial charge in [-0.15, -0.1) is 0 Å². The Labute approximate surface area is 230 Å². The monoisotopic (exact) mass is 528 g/mol. The van der Waals surface area contributed by atoms with E-state index in [1.54, 1.807) is 0 Å². The van der Waals surface area contributed by atoms with Gasteiger partial charge in [0.15, 0.2) is 5.76 Å². The third-order valence-corrected chi connectivity index (χ3v) is 8.88. The normalized spacial score (nSPS) is 19.8. The van der Waals surface area contributed by atoms with Gasteiger partial charge in [0.1, 0.15) is 5.58 Å². The van der Waals surface area contributed by atoms with Crippen molar-refractivity contribution in [3.8, 4) is 11.1 Å². The van der Waals surface area contributed by atoms with E-state index in [9.17, 15) is 9.59 Å². The highest BCUT2D eigenvalue weighted by Gasteiger charge is 2.28. The minimum absolute atomic E-state index is 0.125. The van der Waals surface area contributed by atoms with Gasteiger partial charge in [-0.05, 0) is 106 Å². The predicted molar refractivity (Wildman–Crippen MR) is 154 cm³/mol. The molecule has 4 heterocycles. The lowest BCUT2D eigenvalue weighted by Gasteiger charge is -2.40. The van der Waals surface area contributed by atoms with Crippen molar-refractivity contribution in [1.29, 1.82) is 0 Å². The zero-order valence-electron chi connectivity index (χ0n) is 22.8. The molecule has 206 valence electrons. The third kappa shape index (κ3) is 6.04.